The molecule has 1 aromatic rings. The normalized spacial score (nSPS) is 18.3. The third-order valence-corrected chi connectivity index (χ3v) is 6.18. The van der Waals surface area contributed by atoms with Crippen LogP contribution in [0.4, 0.5) is 0 Å². The summed E-state index contributed by atoms with van der Waals surface area (Å²) in [5, 5.41) is 0. The van der Waals surface area contributed by atoms with Crippen LogP contribution in [0.15, 0.2) is 24.3 Å². The van der Waals surface area contributed by atoms with Gasteiger partial charge in [-0.1, -0.05) is 25.0 Å². The fraction of sp³-hybridized carbons (Fsp3) is 0.609. The van der Waals surface area contributed by atoms with E-state index in [0.717, 1.165) is 49.9 Å². The van der Waals surface area contributed by atoms with E-state index in [1.807, 2.05) is 41.1 Å². The van der Waals surface area contributed by atoms with Crippen molar-refractivity contribution >= 4 is 17.7 Å². The van der Waals surface area contributed by atoms with Crippen LogP contribution < -0.4 is 0 Å². The first-order valence-corrected chi connectivity index (χ1v) is 10.8. The van der Waals surface area contributed by atoms with Crippen molar-refractivity contribution in [3.8, 4) is 0 Å². The molecule has 0 unspecified atom stereocenters. The summed E-state index contributed by atoms with van der Waals surface area (Å²) in [7, 11) is 1.83. The Morgan fingerprint density at radius 3 is 2.03 bits per heavy atom. The minimum absolute atomic E-state index is 0.0144. The van der Waals surface area contributed by atoms with E-state index in [0.29, 0.717) is 19.6 Å². The van der Waals surface area contributed by atoms with E-state index >= 15 is 0 Å². The van der Waals surface area contributed by atoms with Crippen LogP contribution in [0.3, 0.4) is 0 Å². The van der Waals surface area contributed by atoms with Gasteiger partial charge in [-0.2, -0.15) is 0 Å². The minimum atomic E-state index is -0.0144. The summed E-state index contributed by atoms with van der Waals surface area (Å²) in [6.07, 6.45) is 6.04. The summed E-state index contributed by atoms with van der Waals surface area (Å²) in [6.45, 7) is 5.12. The number of hydrogen-bond acceptors (Lipinski definition) is 3. The number of rotatable bonds is 4. The standard InChI is InChI=1S/C23H33N3O3/c1-18(27)25-15-11-21(12-16-25)22(28)24(2)17-19-7-9-20(10-8-19)23(29)26-13-5-3-4-6-14-26/h7-10,21H,3-6,11-17H2,1-2H3. The highest BCUT2D eigenvalue weighted by Crippen LogP contribution is 2.21. The zero-order valence-corrected chi connectivity index (χ0v) is 17.7. The van der Waals surface area contributed by atoms with Crippen LogP contribution in [-0.2, 0) is 16.1 Å². The molecule has 0 spiro atoms. The second-order valence-corrected chi connectivity index (χ2v) is 8.38. The molecular weight excluding hydrogens is 366 g/mol. The van der Waals surface area contributed by atoms with Gasteiger partial charge in [-0.05, 0) is 43.4 Å². The van der Waals surface area contributed by atoms with Crippen LogP contribution in [-0.4, -0.2) is 65.6 Å². The van der Waals surface area contributed by atoms with Crippen molar-refractivity contribution in [3.63, 3.8) is 0 Å². The Morgan fingerprint density at radius 2 is 1.48 bits per heavy atom. The molecule has 0 N–H and O–H groups in total. The maximum Gasteiger partial charge on any atom is 0.253 e. The monoisotopic (exact) mass is 399 g/mol. The van der Waals surface area contributed by atoms with Crippen molar-refractivity contribution in [1.29, 1.82) is 0 Å². The van der Waals surface area contributed by atoms with Gasteiger partial charge in [0, 0.05) is 58.2 Å². The molecule has 1 aromatic carbocycles. The molecule has 0 radical (unpaired) electrons. The summed E-state index contributed by atoms with van der Waals surface area (Å²) in [5.41, 5.74) is 1.75. The predicted octanol–water partition coefficient (Wildman–Crippen LogP) is 2.92. The van der Waals surface area contributed by atoms with Gasteiger partial charge in [0.25, 0.3) is 5.91 Å². The van der Waals surface area contributed by atoms with Gasteiger partial charge in [0.2, 0.25) is 11.8 Å². The molecule has 0 atom stereocenters. The zero-order chi connectivity index (χ0) is 20.8. The number of nitrogens with zero attached hydrogens (tertiary/aromatic N) is 3. The van der Waals surface area contributed by atoms with Gasteiger partial charge in [-0.3, -0.25) is 14.4 Å². The van der Waals surface area contributed by atoms with Crippen molar-refractivity contribution in [2.75, 3.05) is 33.2 Å². The van der Waals surface area contributed by atoms with Gasteiger partial charge < -0.3 is 14.7 Å². The Kier molecular flexibility index (Phi) is 7.29. The first-order chi connectivity index (χ1) is 14.0. The lowest BCUT2D eigenvalue weighted by Crippen LogP contribution is -2.42. The molecule has 0 saturated carbocycles. The summed E-state index contributed by atoms with van der Waals surface area (Å²) >= 11 is 0. The summed E-state index contributed by atoms with van der Waals surface area (Å²) in [6, 6.07) is 7.67. The Labute approximate surface area is 173 Å². The molecular formula is C23H33N3O3. The summed E-state index contributed by atoms with van der Waals surface area (Å²) in [4.78, 5) is 42.4. The third kappa shape index (κ3) is 5.58. The number of carbonyl (C=O) groups is 3. The van der Waals surface area contributed by atoms with Crippen molar-refractivity contribution in [1.82, 2.24) is 14.7 Å². The average Bonchev–Trinajstić information content (AvgIpc) is 3.03. The number of benzene rings is 1. The topological polar surface area (TPSA) is 60.9 Å². The van der Waals surface area contributed by atoms with E-state index in [-0.39, 0.29) is 23.6 Å². The smallest absolute Gasteiger partial charge is 0.253 e. The van der Waals surface area contributed by atoms with Crippen molar-refractivity contribution < 1.29 is 14.4 Å². The van der Waals surface area contributed by atoms with E-state index in [9.17, 15) is 14.4 Å². The molecule has 2 fully saturated rings. The van der Waals surface area contributed by atoms with Crippen LogP contribution in [0.25, 0.3) is 0 Å². The summed E-state index contributed by atoms with van der Waals surface area (Å²) < 4.78 is 0. The van der Waals surface area contributed by atoms with Gasteiger partial charge >= 0.3 is 0 Å². The average molecular weight is 400 g/mol. The van der Waals surface area contributed by atoms with E-state index in [1.54, 1.807) is 11.8 Å². The van der Waals surface area contributed by atoms with Gasteiger partial charge in [0.15, 0.2) is 0 Å². The molecule has 158 valence electrons. The van der Waals surface area contributed by atoms with Crippen molar-refractivity contribution in [3.05, 3.63) is 35.4 Å². The molecule has 3 rings (SSSR count). The first kappa shape index (κ1) is 21.3. The number of amides is 3. The highest BCUT2D eigenvalue weighted by molar-refractivity contribution is 5.94. The Bertz CT molecular complexity index is 715. The molecule has 0 aliphatic carbocycles. The molecule has 29 heavy (non-hydrogen) atoms. The van der Waals surface area contributed by atoms with Crippen LogP contribution in [0.2, 0.25) is 0 Å². The molecule has 2 aliphatic rings. The highest BCUT2D eigenvalue weighted by atomic mass is 16.2. The lowest BCUT2D eigenvalue weighted by molar-refractivity contribution is -0.139. The maximum absolute atomic E-state index is 12.8. The van der Waals surface area contributed by atoms with Gasteiger partial charge in [0.1, 0.15) is 0 Å². The van der Waals surface area contributed by atoms with E-state index < -0.39 is 0 Å². The van der Waals surface area contributed by atoms with Crippen LogP contribution in [0.1, 0.15) is 61.4 Å². The molecule has 2 heterocycles. The summed E-state index contributed by atoms with van der Waals surface area (Å²) in [5.74, 6) is 0.316. The minimum Gasteiger partial charge on any atom is -0.343 e. The Hall–Kier alpha value is -2.37. The molecule has 2 aliphatic heterocycles. The van der Waals surface area contributed by atoms with E-state index in [1.165, 1.54) is 12.8 Å². The lowest BCUT2D eigenvalue weighted by Gasteiger charge is -2.32. The Balaban J connectivity index is 1.53. The predicted molar refractivity (Wildman–Crippen MR) is 112 cm³/mol. The van der Waals surface area contributed by atoms with Crippen LogP contribution >= 0.6 is 0 Å². The molecule has 6 nitrogen and oxygen atoms in total. The number of piperidine rings is 1. The van der Waals surface area contributed by atoms with Gasteiger partial charge in [0.05, 0.1) is 0 Å². The van der Waals surface area contributed by atoms with Crippen molar-refractivity contribution in [2.24, 2.45) is 5.92 Å². The fourth-order valence-electron chi connectivity index (χ4n) is 4.31. The quantitative estimate of drug-likeness (QED) is 0.782. The maximum atomic E-state index is 12.8. The second kappa shape index (κ2) is 9.90. The number of hydrogen-bond donors (Lipinski definition) is 0. The first-order valence-electron chi connectivity index (χ1n) is 10.8. The van der Waals surface area contributed by atoms with Crippen molar-refractivity contribution in [2.45, 2.75) is 52.0 Å². The lowest BCUT2D eigenvalue weighted by atomic mass is 9.95. The van der Waals surface area contributed by atoms with Crippen LogP contribution in [0, 0.1) is 5.92 Å². The number of carbonyl (C=O) groups excluding carboxylic acids is 3. The SMILES string of the molecule is CC(=O)N1CCC(C(=O)N(C)Cc2ccc(C(=O)N3CCCCCC3)cc2)CC1. The van der Waals surface area contributed by atoms with Gasteiger partial charge in [-0.25, -0.2) is 0 Å². The number of likely N-dealkylation sites (tertiary alicyclic amines) is 2. The second-order valence-electron chi connectivity index (χ2n) is 8.38. The molecule has 0 bridgehead atoms. The van der Waals surface area contributed by atoms with Crippen LogP contribution in [0.5, 0.6) is 0 Å². The molecule has 2 saturated heterocycles. The Morgan fingerprint density at radius 1 is 0.897 bits per heavy atom. The highest BCUT2D eigenvalue weighted by Gasteiger charge is 2.28. The zero-order valence-electron chi connectivity index (χ0n) is 17.7. The van der Waals surface area contributed by atoms with E-state index in [4.69, 9.17) is 0 Å². The molecule has 6 heteroatoms. The fourth-order valence-corrected chi connectivity index (χ4v) is 4.31. The third-order valence-electron chi connectivity index (χ3n) is 6.18. The molecule has 3 amide bonds. The molecule has 0 aromatic heterocycles. The largest absolute Gasteiger partial charge is 0.343 e. The van der Waals surface area contributed by atoms with E-state index in [2.05, 4.69) is 0 Å². The van der Waals surface area contributed by atoms with Gasteiger partial charge in [-0.15, -0.1) is 0 Å².